The van der Waals surface area contributed by atoms with Gasteiger partial charge in [-0.25, -0.2) is 0 Å². The van der Waals surface area contributed by atoms with E-state index in [1.807, 2.05) is 38.1 Å². The number of rotatable bonds is 6. The highest BCUT2D eigenvalue weighted by atomic mass is 16.5. The van der Waals surface area contributed by atoms with Gasteiger partial charge >= 0.3 is 0 Å². The van der Waals surface area contributed by atoms with Gasteiger partial charge in [-0.1, -0.05) is 31.2 Å². The van der Waals surface area contributed by atoms with E-state index in [9.17, 15) is 9.90 Å². The molecule has 26 heavy (non-hydrogen) atoms. The molecular formula is C20H21N3O3. The summed E-state index contributed by atoms with van der Waals surface area (Å²) >= 11 is 0. The first-order valence-electron chi connectivity index (χ1n) is 8.64. The average Bonchev–Trinajstić information content (AvgIpc) is 2.91. The summed E-state index contributed by atoms with van der Waals surface area (Å²) in [6.45, 7) is 4.96. The van der Waals surface area contributed by atoms with E-state index < -0.39 is 0 Å². The molecule has 0 aromatic heterocycles. The van der Waals surface area contributed by atoms with Crippen molar-refractivity contribution in [3.63, 3.8) is 0 Å². The molecule has 0 saturated carbocycles. The van der Waals surface area contributed by atoms with Gasteiger partial charge in [-0.05, 0) is 31.5 Å². The molecule has 1 N–H and O–H groups in total. The van der Waals surface area contributed by atoms with Gasteiger partial charge in [0.2, 0.25) is 0 Å². The topological polar surface area (TPSA) is 74.5 Å². The minimum Gasteiger partial charge on any atom is -0.504 e. The first-order valence-corrected chi connectivity index (χ1v) is 8.64. The molecule has 2 aromatic rings. The maximum atomic E-state index is 12.7. The summed E-state index contributed by atoms with van der Waals surface area (Å²) in [6, 6.07) is 12.7. The van der Waals surface area contributed by atoms with Crippen LogP contribution in [0, 0.1) is 0 Å². The van der Waals surface area contributed by atoms with Crippen molar-refractivity contribution in [1.29, 1.82) is 0 Å². The molecule has 1 heterocycles. The second-order valence-electron chi connectivity index (χ2n) is 5.79. The zero-order valence-electron chi connectivity index (χ0n) is 14.8. The maximum absolute atomic E-state index is 12.7. The number of hydrogen-bond acceptors (Lipinski definition) is 5. The zero-order valence-corrected chi connectivity index (χ0v) is 14.8. The Bertz CT molecular complexity index is 874. The summed E-state index contributed by atoms with van der Waals surface area (Å²) in [7, 11) is 0. The lowest BCUT2D eigenvalue weighted by molar-refractivity contribution is -0.112. The molecule has 0 aliphatic carbocycles. The number of carbonyl (C=O) groups excluding carboxylic acids is 1. The van der Waals surface area contributed by atoms with E-state index in [1.165, 1.54) is 6.21 Å². The Labute approximate surface area is 152 Å². The van der Waals surface area contributed by atoms with Crippen LogP contribution in [0.2, 0.25) is 0 Å². The van der Waals surface area contributed by atoms with E-state index >= 15 is 0 Å². The summed E-state index contributed by atoms with van der Waals surface area (Å²) in [5, 5.41) is 18.4. The SMILES string of the molecule is CCCN1C(=O)/C(=N/N=C/c2cccc(OCC)c2O)c2ccccc21. The van der Waals surface area contributed by atoms with E-state index in [1.54, 1.807) is 23.1 Å². The molecule has 0 spiro atoms. The van der Waals surface area contributed by atoms with Gasteiger partial charge in [0.25, 0.3) is 5.91 Å². The van der Waals surface area contributed by atoms with Crippen LogP contribution in [0.15, 0.2) is 52.7 Å². The van der Waals surface area contributed by atoms with Gasteiger partial charge in [-0.3, -0.25) is 4.79 Å². The van der Waals surface area contributed by atoms with Crippen molar-refractivity contribution >= 4 is 23.5 Å². The van der Waals surface area contributed by atoms with Crippen LogP contribution >= 0.6 is 0 Å². The van der Waals surface area contributed by atoms with Crippen molar-refractivity contribution < 1.29 is 14.6 Å². The Kier molecular flexibility index (Phi) is 5.31. The molecule has 134 valence electrons. The van der Waals surface area contributed by atoms with Crippen LogP contribution in [0.4, 0.5) is 5.69 Å². The minimum absolute atomic E-state index is 0.00376. The van der Waals surface area contributed by atoms with Crippen LogP contribution in [0.1, 0.15) is 31.4 Å². The molecule has 0 unspecified atom stereocenters. The first kappa shape index (κ1) is 17.7. The number of carbonyl (C=O) groups is 1. The van der Waals surface area contributed by atoms with Gasteiger partial charge in [-0.2, -0.15) is 5.10 Å². The van der Waals surface area contributed by atoms with Gasteiger partial charge in [0, 0.05) is 17.7 Å². The second-order valence-corrected chi connectivity index (χ2v) is 5.79. The number of aromatic hydroxyl groups is 1. The van der Waals surface area contributed by atoms with E-state index in [0.717, 1.165) is 17.7 Å². The van der Waals surface area contributed by atoms with Crippen molar-refractivity contribution in [3.05, 3.63) is 53.6 Å². The van der Waals surface area contributed by atoms with Crippen LogP contribution < -0.4 is 9.64 Å². The van der Waals surface area contributed by atoms with E-state index in [2.05, 4.69) is 10.2 Å². The molecule has 1 amide bonds. The van der Waals surface area contributed by atoms with Gasteiger partial charge in [0.05, 0.1) is 18.5 Å². The standard InChI is InChI=1S/C20H21N3O3/c1-3-12-23-16-10-6-5-9-15(16)18(20(23)25)22-21-13-14-8-7-11-17(19(14)24)26-4-2/h5-11,13,24H,3-4,12H2,1-2H3/b21-13+,22-18+. The van der Waals surface area contributed by atoms with Gasteiger partial charge in [-0.15, -0.1) is 5.10 Å². The number of phenolic OH excluding ortho intramolecular Hbond substituents is 1. The third-order valence-electron chi connectivity index (χ3n) is 4.03. The lowest BCUT2D eigenvalue weighted by Gasteiger charge is -2.14. The van der Waals surface area contributed by atoms with Crippen molar-refractivity contribution in [1.82, 2.24) is 0 Å². The molecule has 0 bridgehead atoms. The van der Waals surface area contributed by atoms with E-state index in [0.29, 0.717) is 30.2 Å². The largest absolute Gasteiger partial charge is 0.504 e. The molecule has 0 radical (unpaired) electrons. The van der Waals surface area contributed by atoms with E-state index in [-0.39, 0.29) is 11.7 Å². The number of fused-ring (bicyclic) bond motifs is 1. The minimum atomic E-state index is -0.155. The fourth-order valence-corrected chi connectivity index (χ4v) is 2.87. The van der Waals surface area contributed by atoms with Crippen LogP contribution in [0.3, 0.4) is 0 Å². The van der Waals surface area contributed by atoms with Crippen LogP contribution in [-0.2, 0) is 4.79 Å². The van der Waals surface area contributed by atoms with Crippen LogP contribution in [-0.4, -0.2) is 36.1 Å². The Balaban J connectivity index is 1.90. The number of amides is 1. The normalized spacial score (nSPS) is 15.1. The molecule has 6 heteroatoms. The van der Waals surface area contributed by atoms with Crippen molar-refractivity contribution in [2.75, 3.05) is 18.1 Å². The van der Waals surface area contributed by atoms with Crippen LogP contribution in [0.5, 0.6) is 11.5 Å². The number of phenols is 1. The summed E-state index contributed by atoms with van der Waals surface area (Å²) in [5.41, 5.74) is 2.42. The zero-order chi connectivity index (χ0) is 18.5. The van der Waals surface area contributed by atoms with Crippen molar-refractivity contribution in [2.24, 2.45) is 10.2 Å². The fraction of sp³-hybridized carbons (Fsp3) is 0.250. The number of nitrogens with zero attached hydrogens (tertiary/aromatic N) is 3. The third-order valence-corrected chi connectivity index (χ3v) is 4.03. The van der Waals surface area contributed by atoms with Crippen molar-refractivity contribution in [3.8, 4) is 11.5 Å². The van der Waals surface area contributed by atoms with Gasteiger partial charge < -0.3 is 14.7 Å². The summed E-state index contributed by atoms with van der Waals surface area (Å²) in [4.78, 5) is 14.4. The fourth-order valence-electron chi connectivity index (χ4n) is 2.87. The Hall–Kier alpha value is -3.15. The quantitative estimate of drug-likeness (QED) is 0.640. The highest BCUT2D eigenvalue weighted by Crippen LogP contribution is 2.30. The lowest BCUT2D eigenvalue weighted by Crippen LogP contribution is -2.30. The molecule has 0 saturated heterocycles. The molecule has 6 nitrogen and oxygen atoms in total. The number of hydrogen-bond donors (Lipinski definition) is 1. The number of benzene rings is 2. The van der Waals surface area contributed by atoms with Crippen molar-refractivity contribution in [2.45, 2.75) is 20.3 Å². The summed E-state index contributed by atoms with van der Waals surface area (Å²) < 4.78 is 5.35. The monoisotopic (exact) mass is 351 g/mol. The Morgan fingerprint density at radius 1 is 1.15 bits per heavy atom. The third kappa shape index (κ3) is 3.31. The number of anilines is 1. The molecule has 0 fully saturated rings. The summed E-state index contributed by atoms with van der Waals surface area (Å²) in [6.07, 6.45) is 2.28. The maximum Gasteiger partial charge on any atom is 0.279 e. The van der Waals surface area contributed by atoms with Gasteiger partial charge in [0.15, 0.2) is 17.2 Å². The molecule has 1 aliphatic heterocycles. The number of ether oxygens (including phenoxy) is 1. The lowest BCUT2D eigenvalue weighted by atomic mass is 10.1. The Morgan fingerprint density at radius 3 is 2.73 bits per heavy atom. The predicted octanol–water partition coefficient (Wildman–Crippen LogP) is 3.37. The van der Waals surface area contributed by atoms with E-state index in [4.69, 9.17) is 4.74 Å². The molecule has 2 aromatic carbocycles. The first-order chi connectivity index (χ1) is 12.7. The predicted molar refractivity (Wildman–Crippen MR) is 102 cm³/mol. The number of para-hydroxylation sites is 2. The molecule has 0 atom stereocenters. The summed E-state index contributed by atoms with van der Waals surface area (Å²) in [5.74, 6) is 0.238. The highest BCUT2D eigenvalue weighted by Gasteiger charge is 2.33. The van der Waals surface area contributed by atoms with Crippen LogP contribution in [0.25, 0.3) is 0 Å². The van der Waals surface area contributed by atoms with Gasteiger partial charge in [0.1, 0.15) is 0 Å². The average molecular weight is 351 g/mol. The molecule has 1 aliphatic rings. The Morgan fingerprint density at radius 2 is 1.96 bits per heavy atom. The molecular weight excluding hydrogens is 330 g/mol. The molecule has 3 rings (SSSR count). The smallest absolute Gasteiger partial charge is 0.279 e. The second kappa shape index (κ2) is 7.82. The highest BCUT2D eigenvalue weighted by molar-refractivity contribution is 6.54.